The first kappa shape index (κ1) is 22.8. The van der Waals surface area contributed by atoms with Crippen molar-refractivity contribution < 1.29 is 29.3 Å². The summed E-state index contributed by atoms with van der Waals surface area (Å²) in [6.07, 6.45) is 12.7. The van der Waals surface area contributed by atoms with Crippen molar-refractivity contribution in [3.63, 3.8) is 0 Å². The molecule has 0 aromatic rings. The van der Waals surface area contributed by atoms with Gasteiger partial charge in [0, 0.05) is 23.0 Å². The van der Waals surface area contributed by atoms with Gasteiger partial charge in [-0.3, -0.25) is 4.79 Å². The molecule has 2 aliphatic rings. The van der Waals surface area contributed by atoms with E-state index in [1.807, 2.05) is 32.9 Å². The van der Waals surface area contributed by atoms with Gasteiger partial charge in [-0.15, -0.1) is 0 Å². The van der Waals surface area contributed by atoms with Crippen LogP contribution in [0.25, 0.3) is 0 Å². The number of esters is 1. The first-order valence-electron chi connectivity index (χ1n) is 9.84. The van der Waals surface area contributed by atoms with E-state index < -0.39 is 40.4 Å². The maximum atomic E-state index is 12.4. The number of carbonyl (C=O) groups is 3. The van der Waals surface area contributed by atoms with Crippen LogP contribution in [0.1, 0.15) is 47.0 Å². The van der Waals surface area contributed by atoms with E-state index >= 15 is 0 Å². The lowest BCUT2D eigenvalue weighted by atomic mass is 9.46. The number of allylic oxidation sites excluding steroid dienone is 5. The van der Waals surface area contributed by atoms with Gasteiger partial charge in [0.2, 0.25) is 0 Å². The van der Waals surface area contributed by atoms with Crippen molar-refractivity contribution in [2.45, 2.75) is 58.7 Å². The van der Waals surface area contributed by atoms with Crippen LogP contribution in [0, 0.1) is 16.7 Å². The highest BCUT2D eigenvalue weighted by Crippen LogP contribution is 2.61. The van der Waals surface area contributed by atoms with Crippen molar-refractivity contribution in [3.05, 3.63) is 48.1 Å². The highest BCUT2D eigenvalue weighted by molar-refractivity contribution is 5.94. The fourth-order valence-corrected chi connectivity index (χ4v) is 5.16. The minimum atomic E-state index is -2.33. The Morgan fingerprint density at radius 3 is 2.38 bits per heavy atom. The SMILES string of the molecule is C/C=C/C=C/C=C/C(=O)O[C@@H]1C=C(C=O)[C@](O)(C(=O)O)[C@]2(C)CCCC(C)(C)[C@@H]12. The average molecular weight is 402 g/mol. The van der Waals surface area contributed by atoms with Crippen LogP contribution in [0.4, 0.5) is 0 Å². The second-order valence-corrected chi connectivity index (χ2v) is 8.66. The number of carboxylic acids is 1. The summed E-state index contributed by atoms with van der Waals surface area (Å²) in [7, 11) is 0. The standard InChI is InChI=1S/C23H30O6/c1-5-6-7-8-9-11-18(25)29-17-14-16(15-24)23(28,20(26)27)22(4)13-10-12-21(2,3)19(17)22/h5-9,11,14-15,17,19,28H,10,12-13H2,1-4H3,(H,26,27)/b6-5+,8-7+,11-9+/t17-,19-,22-,23+/m1/s1. The molecule has 0 amide bonds. The predicted octanol–water partition coefficient (Wildman–Crippen LogP) is 3.37. The fourth-order valence-electron chi connectivity index (χ4n) is 5.16. The third-order valence-corrected chi connectivity index (χ3v) is 6.41. The largest absolute Gasteiger partial charge is 0.479 e. The molecule has 0 aliphatic heterocycles. The van der Waals surface area contributed by atoms with Gasteiger partial charge in [-0.05, 0) is 31.3 Å². The maximum absolute atomic E-state index is 12.4. The van der Waals surface area contributed by atoms with E-state index in [1.165, 1.54) is 12.2 Å². The van der Waals surface area contributed by atoms with Gasteiger partial charge in [-0.2, -0.15) is 0 Å². The second kappa shape index (κ2) is 8.49. The Kier molecular flexibility index (Phi) is 6.68. The molecule has 0 spiro atoms. The molecule has 6 heteroatoms. The van der Waals surface area contributed by atoms with Crippen molar-refractivity contribution >= 4 is 18.2 Å². The number of fused-ring (bicyclic) bond motifs is 1. The van der Waals surface area contributed by atoms with Crippen molar-refractivity contribution in [2.75, 3.05) is 0 Å². The molecular weight excluding hydrogens is 372 g/mol. The van der Waals surface area contributed by atoms with Crippen LogP contribution in [0.2, 0.25) is 0 Å². The van der Waals surface area contributed by atoms with Gasteiger partial charge in [0.15, 0.2) is 5.60 Å². The van der Waals surface area contributed by atoms with Crippen LogP contribution >= 0.6 is 0 Å². The van der Waals surface area contributed by atoms with E-state index in [0.29, 0.717) is 19.1 Å². The summed E-state index contributed by atoms with van der Waals surface area (Å²) in [4.78, 5) is 36.2. The van der Waals surface area contributed by atoms with Crippen LogP contribution in [0.15, 0.2) is 48.1 Å². The zero-order valence-electron chi connectivity index (χ0n) is 17.4. The summed E-state index contributed by atoms with van der Waals surface area (Å²) in [5, 5.41) is 21.0. The summed E-state index contributed by atoms with van der Waals surface area (Å²) in [5.74, 6) is -2.52. The van der Waals surface area contributed by atoms with Crippen molar-refractivity contribution in [1.82, 2.24) is 0 Å². The molecule has 29 heavy (non-hydrogen) atoms. The normalized spacial score (nSPS) is 34.2. The lowest BCUT2D eigenvalue weighted by Crippen LogP contribution is -2.66. The molecule has 0 aromatic heterocycles. The first-order chi connectivity index (χ1) is 13.5. The monoisotopic (exact) mass is 402 g/mol. The van der Waals surface area contributed by atoms with Crippen LogP contribution in [-0.2, 0) is 19.1 Å². The summed E-state index contributed by atoms with van der Waals surface area (Å²) in [5.41, 5.74) is -4.16. The third kappa shape index (κ3) is 3.99. The number of carboxylic acid groups (broad SMARTS) is 1. The minimum Gasteiger partial charge on any atom is -0.479 e. The number of hydrogen-bond acceptors (Lipinski definition) is 5. The smallest absolute Gasteiger partial charge is 0.341 e. The zero-order chi connectivity index (χ0) is 21.9. The molecule has 1 saturated carbocycles. The van der Waals surface area contributed by atoms with Gasteiger partial charge in [0.25, 0.3) is 0 Å². The summed E-state index contributed by atoms with van der Waals surface area (Å²) >= 11 is 0. The van der Waals surface area contributed by atoms with Crippen LogP contribution in [0.3, 0.4) is 0 Å². The van der Waals surface area contributed by atoms with E-state index in [2.05, 4.69) is 0 Å². The quantitative estimate of drug-likeness (QED) is 0.306. The highest BCUT2D eigenvalue weighted by atomic mass is 16.5. The van der Waals surface area contributed by atoms with Crippen molar-refractivity contribution in [1.29, 1.82) is 0 Å². The summed E-state index contributed by atoms with van der Waals surface area (Å²) in [6.45, 7) is 7.52. The van der Waals surface area contributed by atoms with Gasteiger partial charge in [-0.1, -0.05) is 57.6 Å². The molecule has 0 aromatic carbocycles. The van der Waals surface area contributed by atoms with Gasteiger partial charge in [0.05, 0.1) is 0 Å². The third-order valence-electron chi connectivity index (χ3n) is 6.41. The molecule has 158 valence electrons. The molecule has 0 unspecified atom stereocenters. The Balaban J connectivity index is 2.47. The number of ether oxygens (including phenoxy) is 1. The van der Waals surface area contributed by atoms with E-state index in [4.69, 9.17) is 4.74 Å². The molecule has 2 N–H and O–H groups in total. The van der Waals surface area contributed by atoms with Crippen molar-refractivity contribution in [2.24, 2.45) is 16.7 Å². The molecule has 0 radical (unpaired) electrons. The Morgan fingerprint density at radius 2 is 1.79 bits per heavy atom. The summed E-state index contributed by atoms with van der Waals surface area (Å²) < 4.78 is 5.66. The molecule has 1 fully saturated rings. The second-order valence-electron chi connectivity index (χ2n) is 8.66. The van der Waals surface area contributed by atoms with Gasteiger partial charge < -0.3 is 14.9 Å². The van der Waals surface area contributed by atoms with Gasteiger partial charge in [0.1, 0.15) is 12.4 Å². The molecule has 0 saturated heterocycles. The van der Waals surface area contributed by atoms with Crippen LogP contribution in [0.5, 0.6) is 0 Å². The number of aliphatic carboxylic acids is 1. The van der Waals surface area contributed by atoms with Crippen molar-refractivity contribution in [3.8, 4) is 0 Å². The maximum Gasteiger partial charge on any atom is 0.341 e. The molecular formula is C23H30O6. The molecule has 0 heterocycles. The predicted molar refractivity (Wildman–Crippen MR) is 109 cm³/mol. The van der Waals surface area contributed by atoms with E-state index in [-0.39, 0.29) is 5.57 Å². The first-order valence-corrected chi connectivity index (χ1v) is 9.84. The Bertz CT molecular complexity index is 787. The molecule has 4 atom stereocenters. The summed E-state index contributed by atoms with van der Waals surface area (Å²) in [6, 6.07) is 0. The van der Waals surface area contributed by atoms with Gasteiger partial charge in [-0.25, -0.2) is 9.59 Å². The Morgan fingerprint density at radius 1 is 1.14 bits per heavy atom. The Labute approximate surface area is 171 Å². The minimum absolute atomic E-state index is 0.267. The lowest BCUT2D eigenvalue weighted by molar-refractivity contribution is -0.202. The number of aliphatic hydroxyl groups is 1. The van der Waals surface area contributed by atoms with Crippen LogP contribution in [-0.4, -0.2) is 40.1 Å². The molecule has 2 rings (SSSR count). The zero-order valence-corrected chi connectivity index (χ0v) is 17.4. The highest BCUT2D eigenvalue weighted by Gasteiger charge is 2.67. The Hall–Kier alpha value is -2.47. The van der Waals surface area contributed by atoms with E-state index in [0.717, 1.165) is 6.42 Å². The van der Waals surface area contributed by atoms with Gasteiger partial charge >= 0.3 is 11.9 Å². The number of rotatable bonds is 6. The average Bonchev–Trinajstić information content (AvgIpc) is 2.63. The molecule has 6 nitrogen and oxygen atoms in total. The lowest BCUT2D eigenvalue weighted by Gasteiger charge is -2.59. The number of aldehydes is 1. The van der Waals surface area contributed by atoms with Crippen LogP contribution < -0.4 is 0 Å². The fraction of sp³-hybridized carbons (Fsp3) is 0.522. The van der Waals surface area contributed by atoms with E-state index in [1.54, 1.807) is 25.2 Å². The van der Waals surface area contributed by atoms with E-state index in [9.17, 15) is 24.6 Å². The molecule has 0 bridgehead atoms. The topological polar surface area (TPSA) is 101 Å². The number of hydrogen-bond donors (Lipinski definition) is 2. The number of carbonyl (C=O) groups excluding carboxylic acids is 2. The molecule has 2 aliphatic carbocycles.